The Hall–Kier alpha value is -2.12. The number of aromatic carboxylic acids is 1. The molecule has 2 aromatic rings. The Kier molecular flexibility index (Phi) is 4.44. The second kappa shape index (κ2) is 6.11. The monoisotopic (exact) mass is 370 g/mol. The van der Waals surface area contributed by atoms with Gasteiger partial charge < -0.3 is 10.4 Å². The van der Waals surface area contributed by atoms with Crippen molar-refractivity contribution in [2.45, 2.75) is 0 Å². The molecule has 8 heteroatoms. The van der Waals surface area contributed by atoms with E-state index in [0.29, 0.717) is 15.2 Å². The minimum Gasteiger partial charge on any atom is -0.478 e. The molecule has 0 saturated carbocycles. The summed E-state index contributed by atoms with van der Waals surface area (Å²) in [6.07, 6.45) is 0. The molecule has 0 aliphatic heterocycles. The minimum absolute atomic E-state index is 0.152. The quantitative estimate of drug-likeness (QED) is 0.612. The van der Waals surface area contributed by atoms with Gasteiger partial charge in [0.25, 0.3) is 5.69 Å². The van der Waals surface area contributed by atoms with Gasteiger partial charge in [0.2, 0.25) is 0 Å². The highest BCUT2D eigenvalue weighted by Crippen LogP contribution is 2.31. The third-order valence-corrected chi connectivity index (χ3v) is 3.87. The smallest absolute Gasteiger partial charge is 0.335 e. The van der Waals surface area contributed by atoms with E-state index in [0.717, 1.165) is 6.07 Å². The van der Waals surface area contributed by atoms with Gasteiger partial charge in [0.05, 0.1) is 15.5 Å². The number of carbonyl (C=O) groups is 1. The van der Waals surface area contributed by atoms with Crippen LogP contribution in [0.3, 0.4) is 0 Å². The van der Waals surface area contributed by atoms with Crippen molar-refractivity contribution in [3.05, 3.63) is 61.6 Å². The molecule has 2 rings (SSSR count). The van der Waals surface area contributed by atoms with Crippen molar-refractivity contribution in [3.8, 4) is 0 Å². The van der Waals surface area contributed by atoms with E-state index in [1.807, 2.05) is 0 Å². The third-order valence-electron chi connectivity index (χ3n) is 2.64. The summed E-state index contributed by atoms with van der Waals surface area (Å²) in [5.74, 6) is -1.23. The molecule has 2 N–H and O–H groups in total. The Morgan fingerprint density at radius 3 is 2.57 bits per heavy atom. The number of hydrogen-bond donors (Lipinski definition) is 2. The van der Waals surface area contributed by atoms with Gasteiger partial charge in [0.1, 0.15) is 5.69 Å². The summed E-state index contributed by atoms with van der Waals surface area (Å²) >= 11 is 9.20. The van der Waals surface area contributed by atoms with Crippen LogP contribution in [0.15, 0.2) is 40.9 Å². The Morgan fingerprint density at radius 2 is 2.00 bits per heavy atom. The lowest BCUT2D eigenvalue weighted by molar-refractivity contribution is -0.383. The van der Waals surface area contributed by atoms with E-state index >= 15 is 0 Å². The summed E-state index contributed by atoms with van der Waals surface area (Å²) in [6, 6.07) is 8.62. The lowest BCUT2D eigenvalue weighted by Crippen LogP contribution is -2.01. The average Bonchev–Trinajstić information content (AvgIpc) is 2.43. The zero-order valence-corrected chi connectivity index (χ0v) is 12.7. The van der Waals surface area contributed by atoms with Crippen molar-refractivity contribution in [2.75, 3.05) is 5.32 Å². The second-order valence-corrected chi connectivity index (χ2v) is 5.31. The first-order valence-corrected chi connectivity index (χ1v) is 6.79. The average molecular weight is 372 g/mol. The third kappa shape index (κ3) is 3.50. The zero-order valence-electron chi connectivity index (χ0n) is 10.3. The predicted octanol–water partition coefficient (Wildman–Crippen LogP) is 4.45. The van der Waals surface area contributed by atoms with Gasteiger partial charge in [-0.25, -0.2) is 4.79 Å². The van der Waals surface area contributed by atoms with Crippen molar-refractivity contribution >= 4 is 50.6 Å². The minimum atomic E-state index is -1.23. The summed E-state index contributed by atoms with van der Waals surface area (Å²) in [7, 11) is 0. The van der Waals surface area contributed by atoms with Crippen LogP contribution in [-0.4, -0.2) is 16.0 Å². The van der Waals surface area contributed by atoms with Crippen molar-refractivity contribution < 1.29 is 14.8 Å². The molecule has 108 valence electrons. The van der Waals surface area contributed by atoms with Gasteiger partial charge in [-0.3, -0.25) is 10.1 Å². The molecule has 0 aliphatic rings. The standard InChI is InChI=1S/C13H8BrClN2O4/c14-9-3-2-8(6-10(9)15)16-11-4-1-7(13(18)19)5-12(11)17(20)21/h1-6,16H,(H,18,19). The topological polar surface area (TPSA) is 92.5 Å². The summed E-state index contributed by atoms with van der Waals surface area (Å²) < 4.78 is 0.699. The number of carboxylic acid groups (broad SMARTS) is 1. The van der Waals surface area contributed by atoms with Gasteiger partial charge in [-0.2, -0.15) is 0 Å². The van der Waals surface area contributed by atoms with E-state index in [1.165, 1.54) is 12.1 Å². The molecular formula is C13H8BrClN2O4. The first kappa shape index (κ1) is 15.3. The number of halogens is 2. The second-order valence-electron chi connectivity index (χ2n) is 4.05. The Balaban J connectivity index is 2.41. The molecule has 0 saturated heterocycles. The fourth-order valence-electron chi connectivity index (χ4n) is 1.65. The van der Waals surface area contributed by atoms with E-state index in [4.69, 9.17) is 16.7 Å². The molecule has 0 radical (unpaired) electrons. The molecule has 0 spiro atoms. The molecule has 0 atom stereocenters. The zero-order chi connectivity index (χ0) is 15.6. The molecule has 0 fully saturated rings. The number of rotatable bonds is 4. The number of carboxylic acids is 1. The molecule has 0 unspecified atom stereocenters. The fraction of sp³-hybridized carbons (Fsp3) is 0. The lowest BCUT2D eigenvalue weighted by Gasteiger charge is -2.08. The predicted molar refractivity (Wildman–Crippen MR) is 82.5 cm³/mol. The van der Waals surface area contributed by atoms with E-state index < -0.39 is 10.9 Å². The number of nitro groups is 1. The van der Waals surface area contributed by atoms with Crippen LogP contribution >= 0.6 is 27.5 Å². The molecule has 0 bridgehead atoms. The van der Waals surface area contributed by atoms with Crippen LogP contribution < -0.4 is 5.32 Å². The highest BCUT2D eigenvalue weighted by atomic mass is 79.9. The van der Waals surface area contributed by atoms with E-state index in [1.54, 1.807) is 18.2 Å². The van der Waals surface area contributed by atoms with E-state index in [-0.39, 0.29) is 16.9 Å². The normalized spacial score (nSPS) is 10.2. The highest BCUT2D eigenvalue weighted by molar-refractivity contribution is 9.10. The van der Waals surface area contributed by atoms with Crippen LogP contribution in [0.25, 0.3) is 0 Å². The number of nitro benzene ring substituents is 1. The molecule has 0 amide bonds. The van der Waals surface area contributed by atoms with Crippen molar-refractivity contribution in [2.24, 2.45) is 0 Å². The van der Waals surface area contributed by atoms with Crippen LogP contribution in [0.1, 0.15) is 10.4 Å². The number of nitrogens with one attached hydrogen (secondary N) is 1. The van der Waals surface area contributed by atoms with Crippen LogP contribution in [0.5, 0.6) is 0 Å². The molecule has 2 aromatic carbocycles. The Morgan fingerprint density at radius 1 is 1.29 bits per heavy atom. The summed E-state index contributed by atoms with van der Waals surface area (Å²) in [6.45, 7) is 0. The number of hydrogen-bond acceptors (Lipinski definition) is 4. The van der Waals surface area contributed by atoms with E-state index in [9.17, 15) is 14.9 Å². The van der Waals surface area contributed by atoms with Crippen LogP contribution in [-0.2, 0) is 0 Å². The molecule has 0 aliphatic carbocycles. The van der Waals surface area contributed by atoms with Gasteiger partial charge >= 0.3 is 5.97 Å². The lowest BCUT2D eigenvalue weighted by atomic mass is 10.1. The number of anilines is 2. The van der Waals surface area contributed by atoms with Gasteiger partial charge in [0, 0.05) is 16.2 Å². The maximum absolute atomic E-state index is 11.0. The SMILES string of the molecule is O=C(O)c1ccc(Nc2ccc(Br)c(Cl)c2)c([N+](=O)[O-])c1. The van der Waals surface area contributed by atoms with Gasteiger partial charge in [-0.05, 0) is 46.3 Å². The molecule has 0 aromatic heterocycles. The summed E-state index contributed by atoms with van der Waals surface area (Å²) in [5, 5.41) is 23.2. The summed E-state index contributed by atoms with van der Waals surface area (Å²) in [5.41, 5.74) is 0.257. The van der Waals surface area contributed by atoms with Crippen LogP contribution in [0.4, 0.5) is 17.1 Å². The molecule has 6 nitrogen and oxygen atoms in total. The Bertz CT molecular complexity index is 736. The molecular weight excluding hydrogens is 364 g/mol. The van der Waals surface area contributed by atoms with Crippen molar-refractivity contribution in [3.63, 3.8) is 0 Å². The first-order valence-electron chi connectivity index (χ1n) is 5.62. The fourth-order valence-corrected chi connectivity index (χ4v) is 2.08. The highest BCUT2D eigenvalue weighted by Gasteiger charge is 2.17. The van der Waals surface area contributed by atoms with Crippen molar-refractivity contribution in [1.29, 1.82) is 0 Å². The van der Waals surface area contributed by atoms with Crippen LogP contribution in [0, 0.1) is 10.1 Å². The van der Waals surface area contributed by atoms with Crippen molar-refractivity contribution in [1.82, 2.24) is 0 Å². The van der Waals surface area contributed by atoms with E-state index in [2.05, 4.69) is 21.2 Å². The van der Waals surface area contributed by atoms with Crippen LogP contribution in [0.2, 0.25) is 5.02 Å². The Labute approximate surface area is 132 Å². The van der Waals surface area contributed by atoms with Gasteiger partial charge in [-0.15, -0.1) is 0 Å². The number of benzene rings is 2. The molecule has 21 heavy (non-hydrogen) atoms. The molecule has 0 heterocycles. The summed E-state index contributed by atoms with van der Waals surface area (Å²) in [4.78, 5) is 21.3. The first-order chi connectivity index (χ1) is 9.88. The number of nitrogens with zero attached hydrogens (tertiary/aromatic N) is 1. The maximum Gasteiger partial charge on any atom is 0.335 e. The largest absolute Gasteiger partial charge is 0.478 e. The van der Waals surface area contributed by atoms with Gasteiger partial charge in [0.15, 0.2) is 0 Å². The van der Waals surface area contributed by atoms with Gasteiger partial charge in [-0.1, -0.05) is 11.6 Å². The maximum atomic E-state index is 11.0.